The SMILES string of the molecule is NC(=O)CN(CCCC(=O)c1cccs1)CC(N)=O. The average molecular weight is 283 g/mol. The minimum Gasteiger partial charge on any atom is -0.369 e. The summed E-state index contributed by atoms with van der Waals surface area (Å²) in [5.74, 6) is -0.982. The molecule has 0 bridgehead atoms. The van der Waals surface area contributed by atoms with E-state index in [0.717, 1.165) is 4.88 Å². The third kappa shape index (κ3) is 6.12. The van der Waals surface area contributed by atoms with E-state index in [1.165, 1.54) is 11.3 Å². The number of amides is 2. The number of rotatable bonds is 9. The van der Waals surface area contributed by atoms with Crippen LogP contribution in [0.1, 0.15) is 22.5 Å². The number of carbonyl (C=O) groups excluding carboxylic acids is 3. The normalized spacial score (nSPS) is 10.6. The van der Waals surface area contributed by atoms with Crippen molar-refractivity contribution in [2.75, 3.05) is 19.6 Å². The van der Waals surface area contributed by atoms with Crippen LogP contribution in [-0.4, -0.2) is 42.1 Å². The monoisotopic (exact) mass is 283 g/mol. The molecule has 0 aromatic carbocycles. The lowest BCUT2D eigenvalue weighted by molar-refractivity contribution is -0.121. The smallest absolute Gasteiger partial charge is 0.231 e. The van der Waals surface area contributed by atoms with Crippen LogP contribution in [0.15, 0.2) is 17.5 Å². The van der Waals surface area contributed by atoms with E-state index in [-0.39, 0.29) is 18.9 Å². The summed E-state index contributed by atoms with van der Waals surface area (Å²) in [5.41, 5.74) is 10.2. The molecule has 19 heavy (non-hydrogen) atoms. The molecule has 1 aromatic rings. The number of carbonyl (C=O) groups is 3. The Labute approximate surface area is 115 Å². The lowest BCUT2D eigenvalue weighted by Crippen LogP contribution is -2.40. The number of nitrogens with two attached hydrogens (primary N) is 2. The summed E-state index contributed by atoms with van der Waals surface area (Å²) in [6.45, 7) is 0.370. The second kappa shape index (κ2) is 7.65. The summed E-state index contributed by atoms with van der Waals surface area (Å²) in [5, 5.41) is 1.85. The van der Waals surface area contributed by atoms with Crippen molar-refractivity contribution >= 4 is 28.9 Å². The van der Waals surface area contributed by atoms with Crippen LogP contribution in [-0.2, 0) is 9.59 Å². The molecule has 0 aliphatic rings. The van der Waals surface area contributed by atoms with Crippen molar-refractivity contribution < 1.29 is 14.4 Å². The van der Waals surface area contributed by atoms with E-state index < -0.39 is 11.8 Å². The van der Waals surface area contributed by atoms with Gasteiger partial charge in [0.05, 0.1) is 18.0 Å². The van der Waals surface area contributed by atoms with Gasteiger partial charge in [-0.3, -0.25) is 19.3 Å². The molecule has 0 saturated carbocycles. The molecule has 0 saturated heterocycles. The van der Waals surface area contributed by atoms with E-state index in [4.69, 9.17) is 11.5 Å². The summed E-state index contributed by atoms with van der Waals surface area (Å²) >= 11 is 1.40. The van der Waals surface area contributed by atoms with E-state index in [0.29, 0.717) is 19.4 Å². The zero-order chi connectivity index (χ0) is 14.3. The summed E-state index contributed by atoms with van der Waals surface area (Å²) < 4.78 is 0. The number of hydrogen-bond acceptors (Lipinski definition) is 5. The summed E-state index contributed by atoms with van der Waals surface area (Å²) in [6.07, 6.45) is 0.922. The Bertz CT molecular complexity index is 429. The maximum absolute atomic E-state index is 11.7. The van der Waals surface area contributed by atoms with Gasteiger partial charge >= 0.3 is 0 Å². The van der Waals surface area contributed by atoms with Crippen molar-refractivity contribution in [1.29, 1.82) is 0 Å². The lowest BCUT2D eigenvalue weighted by Gasteiger charge is -2.18. The second-order valence-corrected chi connectivity index (χ2v) is 5.10. The largest absolute Gasteiger partial charge is 0.369 e. The van der Waals surface area contributed by atoms with Crippen LogP contribution in [0.5, 0.6) is 0 Å². The van der Waals surface area contributed by atoms with E-state index in [1.807, 2.05) is 11.4 Å². The van der Waals surface area contributed by atoms with Gasteiger partial charge in [-0.1, -0.05) is 6.07 Å². The van der Waals surface area contributed by atoms with Gasteiger partial charge in [-0.05, 0) is 24.4 Å². The molecule has 0 spiro atoms. The predicted octanol–water partition coefficient (Wildman–Crippen LogP) is -0.0164. The Hall–Kier alpha value is -1.73. The van der Waals surface area contributed by atoms with Gasteiger partial charge in [-0.15, -0.1) is 11.3 Å². The molecule has 0 unspecified atom stereocenters. The fourth-order valence-corrected chi connectivity index (χ4v) is 2.37. The maximum Gasteiger partial charge on any atom is 0.231 e. The quantitative estimate of drug-likeness (QED) is 0.621. The molecular formula is C12H17N3O3S. The highest BCUT2D eigenvalue weighted by atomic mass is 32.1. The Balaban J connectivity index is 2.37. The highest BCUT2D eigenvalue weighted by Crippen LogP contribution is 2.12. The standard InChI is InChI=1S/C12H17N3O3S/c13-11(17)7-15(8-12(14)18)5-1-3-9(16)10-4-2-6-19-10/h2,4,6H,1,3,5,7-8H2,(H2,13,17)(H2,14,18). The van der Waals surface area contributed by atoms with Gasteiger partial charge in [0.2, 0.25) is 11.8 Å². The highest BCUT2D eigenvalue weighted by molar-refractivity contribution is 7.12. The first-order valence-electron chi connectivity index (χ1n) is 5.84. The van der Waals surface area contributed by atoms with Gasteiger partial charge in [-0.2, -0.15) is 0 Å². The molecule has 1 aromatic heterocycles. The van der Waals surface area contributed by atoms with Gasteiger partial charge < -0.3 is 11.5 Å². The van der Waals surface area contributed by atoms with Crippen molar-refractivity contribution in [2.45, 2.75) is 12.8 Å². The van der Waals surface area contributed by atoms with Crippen molar-refractivity contribution in [3.8, 4) is 0 Å². The Morgan fingerprint density at radius 2 is 1.79 bits per heavy atom. The maximum atomic E-state index is 11.7. The number of nitrogens with zero attached hydrogens (tertiary/aromatic N) is 1. The highest BCUT2D eigenvalue weighted by Gasteiger charge is 2.12. The van der Waals surface area contributed by atoms with Crippen LogP contribution in [0.3, 0.4) is 0 Å². The van der Waals surface area contributed by atoms with Crippen LogP contribution in [0.25, 0.3) is 0 Å². The number of hydrogen-bond donors (Lipinski definition) is 2. The summed E-state index contributed by atoms with van der Waals surface area (Å²) in [4.78, 5) is 35.7. The molecule has 0 atom stereocenters. The van der Waals surface area contributed by atoms with Gasteiger partial charge in [0.15, 0.2) is 5.78 Å². The molecule has 7 heteroatoms. The minimum absolute atomic E-state index is 0.0316. The third-order valence-corrected chi connectivity index (χ3v) is 3.34. The van der Waals surface area contributed by atoms with Crippen LogP contribution >= 0.6 is 11.3 Å². The molecular weight excluding hydrogens is 266 g/mol. The van der Waals surface area contributed by atoms with Crippen molar-refractivity contribution in [3.05, 3.63) is 22.4 Å². The van der Waals surface area contributed by atoms with Gasteiger partial charge in [0, 0.05) is 6.42 Å². The first-order chi connectivity index (χ1) is 8.99. The number of thiophene rings is 1. The number of Topliss-reactive ketones (excluding diaryl/α,β-unsaturated/α-hetero) is 1. The number of ketones is 1. The molecule has 1 heterocycles. The molecule has 0 aliphatic carbocycles. The first kappa shape index (κ1) is 15.3. The molecule has 2 amide bonds. The molecule has 0 fully saturated rings. The Morgan fingerprint density at radius 3 is 2.26 bits per heavy atom. The van der Waals surface area contributed by atoms with Crippen LogP contribution < -0.4 is 11.5 Å². The Morgan fingerprint density at radius 1 is 1.16 bits per heavy atom. The molecule has 4 N–H and O–H groups in total. The van der Waals surface area contributed by atoms with Crippen LogP contribution in [0.2, 0.25) is 0 Å². The fourth-order valence-electron chi connectivity index (χ4n) is 1.68. The lowest BCUT2D eigenvalue weighted by atomic mass is 10.2. The van der Waals surface area contributed by atoms with E-state index in [9.17, 15) is 14.4 Å². The van der Waals surface area contributed by atoms with Crippen LogP contribution in [0.4, 0.5) is 0 Å². The zero-order valence-corrected chi connectivity index (χ0v) is 11.3. The minimum atomic E-state index is -0.522. The Kier molecular flexibility index (Phi) is 6.17. The molecule has 6 nitrogen and oxygen atoms in total. The second-order valence-electron chi connectivity index (χ2n) is 4.15. The van der Waals surface area contributed by atoms with E-state index in [2.05, 4.69) is 0 Å². The number of primary amides is 2. The summed E-state index contributed by atoms with van der Waals surface area (Å²) in [6, 6.07) is 3.60. The average Bonchev–Trinajstić information content (AvgIpc) is 2.80. The molecule has 0 radical (unpaired) electrons. The van der Waals surface area contributed by atoms with Crippen LogP contribution in [0, 0.1) is 0 Å². The van der Waals surface area contributed by atoms with Crippen molar-refractivity contribution in [1.82, 2.24) is 4.90 Å². The van der Waals surface area contributed by atoms with E-state index in [1.54, 1.807) is 11.0 Å². The first-order valence-corrected chi connectivity index (χ1v) is 6.72. The van der Waals surface area contributed by atoms with E-state index >= 15 is 0 Å². The molecule has 1 rings (SSSR count). The molecule has 0 aliphatic heterocycles. The zero-order valence-electron chi connectivity index (χ0n) is 10.5. The predicted molar refractivity (Wildman–Crippen MR) is 72.7 cm³/mol. The van der Waals surface area contributed by atoms with Gasteiger partial charge in [0.25, 0.3) is 0 Å². The topological polar surface area (TPSA) is 106 Å². The van der Waals surface area contributed by atoms with Crippen molar-refractivity contribution in [3.63, 3.8) is 0 Å². The summed E-state index contributed by atoms with van der Waals surface area (Å²) in [7, 11) is 0. The van der Waals surface area contributed by atoms with Gasteiger partial charge in [0.1, 0.15) is 0 Å². The third-order valence-electron chi connectivity index (χ3n) is 2.43. The fraction of sp³-hybridized carbons (Fsp3) is 0.417. The van der Waals surface area contributed by atoms with Gasteiger partial charge in [-0.25, -0.2) is 0 Å². The molecule has 104 valence electrons. The van der Waals surface area contributed by atoms with Crippen molar-refractivity contribution in [2.24, 2.45) is 11.5 Å².